The van der Waals surface area contributed by atoms with Gasteiger partial charge in [0.1, 0.15) is 17.8 Å². The Labute approximate surface area is 147 Å². The lowest BCUT2D eigenvalue weighted by atomic mass is 10.1. The molecule has 0 saturated carbocycles. The van der Waals surface area contributed by atoms with E-state index < -0.39 is 4.92 Å². The van der Waals surface area contributed by atoms with Crippen molar-refractivity contribution in [2.24, 2.45) is 0 Å². The average Bonchev–Trinajstić information content (AvgIpc) is 3.23. The summed E-state index contributed by atoms with van der Waals surface area (Å²) in [5.41, 5.74) is 1.72. The Morgan fingerprint density at radius 1 is 1.35 bits per heavy atom. The molecule has 0 radical (unpaired) electrons. The van der Waals surface area contributed by atoms with E-state index in [4.69, 9.17) is 0 Å². The summed E-state index contributed by atoms with van der Waals surface area (Å²) in [6.45, 7) is 1.56. The Bertz CT molecular complexity index is 989. The van der Waals surface area contributed by atoms with Crippen LogP contribution in [0.4, 0.5) is 16.0 Å². The van der Waals surface area contributed by atoms with E-state index in [1.807, 2.05) is 6.07 Å². The molecule has 1 aromatic carbocycles. The maximum Gasteiger partial charge on any atom is 0.333 e. The minimum Gasteiger partial charge on any atom is -0.351 e. The molecule has 8 nitrogen and oxygen atoms in total. The van der Waals surface area contributed by atoms with Crippen LogP contribution in [0.2, 0.25) is 0 Å². The maximum absolute atomic E-state index is 13.9. The van der Waals surface area contributed by atoms with E-state index in [-0.39, 0.29) is 35.0 Å². The molecule has 132 valence electrons. The van der Waals surface area contributed by atoms with Gasteiger partial charge in [0.05, 0.1) is 4.92 Å². The number of imidazole rings is 1. The van der Waals surface area contributed by atoms with E-state index in [9.17, 15) is 14.5 Å². The van der Waals surface area contributed by atoms with Gasteiger partial charge in [-0.3, -0.25) is 14.7 Å². The third kappa shape index (κ3) is 2.77. The number of hydrogen-bond donors (Lipinski definition) is 1. The van der Waals surface area contributed by atoms with Crippen LogP contribution in [0.15, 0.2) is 36.9 Å². The van der Waals surface area contributed by atoms with Gasteiger partial charge in [0.2, 0.25) is 11.8 Å². The highest BCUT2D eigenvalue weighted by Gasteiger charge is 2.27. The summed E-state index contributed by atoms with van der Waals surface area (Å²) in [5.74, 6) is 0.200. The van der Waals surface area contributed by atoms with Gasteiger partial charge in [0.15, 0.2) is 0 Å². The molecule has 9 heteroatoms. The second-order valence-corrected chi connectivity index (χ2v) is 6.16. The number of benzene rings is 1. The Morgan fingerprint density at radius 3 is 2.88 bits per heavy atom. The smallest absolute Gasteiger partial charge is 0.333 e. The summed E-state index contributed by atoms with van der Waals surface area (Å²) < 4.78 is 15.4. The van der Waals surface area contributed by atoms with Crippen LogP contribution in [0, 0.1) is 22.9 Å². The zero-order chi connectivity index (χ0) is 18.3. The number of aryl methyl sites for hydroxylation is 1. The zero-order valence-corrected chi connectivity index (χ0v) is 13.9. The quantitative estimate of drug-likeness (QED) is 0.571. The minimum atomic E-state index is -0.505. The molecular weight excluding hydrogens is 339 g/mol. The van der Waals surface area contributed by atoms with E-state index in [0.717, 1.165) is 5.56 Å². The van der Waals surface area contributed by atoms with E-state index in [0.29, 0.717) is 18.4 Å². The molecular formula is C17H15FN6O2. The first-order valence-electron chi connectivity index (χ1n) is 8.07. The monoisotopic (exact) mass is 354 g/mol. The van der Waals surface area contributed by atoms with Crippen LogP contribution in [0.1, 0.15) is 16.8 Å². The van der Waals surface area contributed by atoms with Crippen molar-refractivity contribution in [1.82, 2.24) is 19.5 Å². The first-order chi connectivity index (χ1) is 12.5. The van der Waals surface area contributed by atoms with Crippen LogP contribution in [0.25, 0.3) is 5.82 Å². The van der Waals surface area contributed by atoms with Gasteiger partial charge in [-0.15, -0.1) is 0 Å². The fourth-order valence-electron chi connectivity index (χ4n) is 3.29. The van der Waals surface area contributed by atoms with Crippen molar-refractivity contribution >= 4 is 11.6 Å². The summed E-state index contributed by atoms with van der Waals surface area (Å²) in [6, 6.07) is 4.97. The molecule has 1 aliphatic carbocycles. The molecule has 1 aliphatic rings. The van der Waals surface area contributed by atoms with Crippen molar-refractivity contribution in [3.05, 3.63) is 69.7 Å². The van der Waals surface area contributed by atoms with Crippen LogP contribution < -0.4 is 5.32 Å². The highest BCUT2D eigenvalue weighted by atomic mass is 19.1. The summed E-state index contributed by atoms with van der Waals surface area (Å²) in [4.78, 5) is 23.4. The number of anilines is 1. The van der Waals surface area contributed by atoms with Crippen molar-refractivity contribution in [2.45, 2.75) is 25.8 Å². The number of hydrogen-bond acceptors (Lipinski definition) is 6. The topological polar surface area (TPSA) is 98.8 Å². The van der Waals surface area contributed by atoms with Gasteiger partial charge < -0.3 is 5.32 Å². The number of halogens is 1. The van der Waals surface area contributed by atoms with E-state index in [1.165, 1.54) is 23.2 Å². The highest BCUT2D eigenvalue weighted by Crippen LogP contribution is 2.28. The SMILES string of the molecule is Cc1nc(NC2Cc3cccc(F)c3C2)nc(-n2ccnc2)c1[N+](=O)[O-]. The molecule has 1 atom stereocenters. The van der Waals surface area contributed by atoms with Gasteiger partial charge in [-0.25, -0.2) is 14.4 Å². The van der Waals surface area contributed by atoms with Crippen molar-refractivity contribution < 1.29 is 9.31 Å². The first-order valence-corrected chi connectivity index (χ1v) is 8.07. The van der Waals surface area contributed by atoms with Gasteiger partial charge >= 0.3 is 5.69 Å². The van der Waals surface area contributed by atoms with Gasteiger partial charge in [-0.1, -0.05) is 12.1 Å². The average molecular weight is 354 g/mol. The Kier molecular flexibility index (Phi) is 3.83. The predicted octanol–water partition coefficient (Wildman–Crippen LogP) is 2.60. The summed E-state index contributed by atoms with van der Waals surface area (Å²) in [5, 5.41) is 14.6. The lowest BCUT2D eigenvalue weighted by Crippen LogP contribution is -2.22. The zero-order valence-electron chi connectivity index (χ0n) is 13.9. The molecule has 0 spiro atoms. The Morgan fingerprint density at radius 2 is 2.19 bits per heavy atom. The van der Waals surface area contributed by atoms with Crippen LogP contribution in [-0.4, -0.2) is 30.5 Å². The normalized spacial score (nSPS) is 15.7. The molecule has 4 rings (SSSR count). The van der Waals surface area contributed by atoms with Crippen LogP contribution >= 0.6 is 0 Å². The summed E-state index contributed by atoms with van der Waals surface area (Å²) >= 11 is 0. The molecule has 0 bridgehead atoms. The third-order valence-corrected chi connectivity index (χ3v) is 4.44. The molecule has 2 aromatic heterocycles. The van der Waals surface area contributed by atoms with Crippen LogP contribution in [0.3, 0.4) is 0 Å². The molecule has 0 amide bonds. The Balaban J connectivity index is 1.66. The van der Waals surface area contributed by atoms with Gasteiger partial charge in [0, 0.05) is 18.4 Å². The number of nitrogens with one attached hydrogen (secondary N) is 1. The largest absolute Gasteiger partial charge is 0.351 e. The van der Waals surface area contributed by atoms with Gasteiger partial charge in [-0.2, -0.15) is 4.98 Å². The van der Waals surface area contributed by atoms with Crippen LogP contribution in [0.5, 0.6) is 0 Å². The molecule has 1 unspecified atom stereocenters. The minimum absolute atomic E-state index is 0.0709. The predicted molar refractivity (Wildman–Crippen MR) is 91.8 cm³/mol. The number of aromatic nitrogens is 4. The van der Waals surface area contributed by atoms with E-state index in [1.54, 1.807) is 19.2 Å². The van der Waals surface area contributed by atoms with Crippen molar-refractivity contribution in [3.8, 4) is 5.82 Å². The number of fused-ring (bicyclic) bond motifs is 1. The van der Waals surface area contributed by atoms with Gasteiger partial charge in [0.25, 0.3) is 0 Å². The molecule has 2 heterocycles. The van der Waals surface area contributed by atoms with Crippen molar-refractivity contribution in [1.29, 1.82) is 0 Å². The fraction of sp³-hybridized carbons (Fsp3) is 0.235. The van der Waals surface area contributed by atoms with Crippen molar-refractivity contribution in [2.75, 3.05) is 5.32 Å². The molecule has 3 aromatic rings. The second kappa shape index (κ2) is 6.17. The van der Waals surface area contributed by atoms with Crippen molar-refractivity contribution in [3.63, 3.8) is 0 Å². The lowest BCUT2D eigenvalue weighted by molar-refractivity contribution is -0.385. The second-order valence-electron chi connectivity index (χ2n) is 6.16. The number of nitro groups is 1. The standard InChI is InChI=1S/C17H15FN6O2/c1-10-15(24(25)26)16(23-6-5-19-9-23)22-17(20-10)21-12-7-11-3-2-4-14(18)13(11)8-12/h2-6,9,12H,7-8H2,1H3,(H,20,21,22). The maximum atomic E-state index is 13.9. The van der Waals surface area contributed by atoms with E-state index >= 15 is 0 Å². The van der Waals surface area contributed by atoms with Crippen LogP contribution in [-0.2, 0) is 12.8 Å². The third-order valence-electron chi connectivity index (χ3n) is 4.44. The van der Waals surface area contributed by atoms with E-state index in [2.05, 4.69) is 20.3 Å². The Hall–Kier alpha value is -3.36. The highest BCUT2D eigenvalue weighted by molar-refractivity contribution is 5.54. The summed E-state index contributed by atoms with van der Waals surface area (Å²) in [6.07, 6.45) is 5.71. The first kappa shape index (κ1) is 16.1. The van der Waals surface area contributed by atoms with Gasteiger partial charge in [-0.05, 0) is 37.0 Å². The summed E-state index contributed by atoms with van der Waals surface area (Å²) in [7, 11) is 0. The molecule has 1 N–H and O–H groups in total. The number of rotatable bonds is 4. The molecule has 0 aliphatic heterocycles. The fourth-order valence-corrected chi connectivity index (χ4v) is 3.29. The molecule has 0 fully saturated rings. The molecule has 0 saturated heterocycles. The lowest BCUT2D eigenvalue weighted by Gasteiger charge is -2.14. The molecule has 26 heavy (non-hydrogen) atoms. The number of nitrogens with zero attached hydrogens (tertiary/aromatic N) is 5.